The highest BCUT2D eigenvalue weighted by molar-refractivity contribution is 7.16. The van der Waals surface area contributed by atoms with Gasteiger partial charge >= 0.3 is 5.97 Å². The SMILES string of the molecule is COC(=O)CCCNC(=O)/C=C/c1ccc(-c2cccc(Cl)c2)s1. The molecule has 24 heavy (non-hydrogen) atoms. The summed E-state index contributed by atoms with van der Waals surface area (Å²) in [4.78, 5) is 24.8. The Morgan fingerprint density at radius 2 is 2.12 bits per heavy atom. The van der Waals surface area contributed by atoms with E-state index in [0.29, 0.717) is 24.4 Å². The quantitative estimate of drug-likeness (QED) is 0.456. The molecule has 0 saturated carbocycles. The normalized spacial score (nSPS) is 10.8. The number of amides is 1. The van der Waals surface area contributed by atoms with Gasteiger partial charge in [-0.25, -0.2) is 0 Å². The van der Waals surface area contributed by atoms with Crippen molar-refractivity contribution >= 4 is 40.9 Å². The predicted molar refractivity (Wildman–Crippen MR) is 98.1 cm³/mol. The molecule has 0 spiro atoms. The Morgan fingerprint density at radius 1 is 1.29 bits per heavy atom. The van der Waals surface area contributed by atoms with Crippen LogP contribution in [0, 0.1) is 0 Å². The van der Waals surface area contributed by atoms with E-state index in [9.17, 15) is 9.59 Å². The standard InChI is InChI=1S/C18H18ClNO3S/c1-23-18(22)6-3-11-20-17(21)10-8-15-7-9-16(24-15)13-4-2-5-14(19)12-13/h2,4-5,7-10,12H,3,6,11H2,1H3,(H,20,21)/b10-8+. The van der Waals surface area contributed by atoms with Crippen molar-refractivity contribution in [1.29, 1.82) is 0 Å². The molecule has 0 atom stereocenters. The second-order valence-electron chi connectivity index (χ2n) is 5.02. The van der Waals surface area contributed by atoms with E-state index in [1.165, 1.54) is 13.2 Å². The van der Waals surface area contributed by atoms with Crippen LogP contribution in [0.1, 0.15) is 17.7 Å². The van der Waals surface area contributed by atoms with Crippen molar-refractivity contribution in [2.24, 2.45) is 0 Å². The van der Waals surface area contributed by atoms with Gasteiger partial charge in [-0.15, -0.1) is 11.3 Å². The summed E-state index contributed by atoms with van der Waals surface area (Å²) in [7, 11) is 1.35. The fourth-order valence-electron chi connectivity index (χ4n) is 2.00. The van der Waals surface area contributed by atoms with Crippen LogP contribution < -0.4 is 5.32 Å². The number of benzene rings is 1. The molecule has 2 aromatic rings. The van der Waals surface area contributed by atoms with Crippen LogP contribution in [0.5, 0.6) is 0 Å². The molecule has 0 radical (unpaired) electrons. The minimum atomic E-state index is -0.271. The van der Waals surface area contributed by atoms with Crippen LogP contribution in [-0.4, -0.2) is 25.5 Å². The largest absolute Gasteiger partial charge is 0.469 e. The number of carbonyl (C=O) groups excluding carboxylic acids is 2. The second kappa shape index (κ2) is 9.25. The summed E-state index contributed by atoms with van der Waals surface area (Å²) < 4.78 is 4.54. The van der Waals surface area contributed by atoms with Gasteiger partial charge in [0.2, 0.25) is 5.91 Å². The van der Waals surface area contributed by atoms with Crippen LogP contribution in [0.2, 0.25) is 5.02 Å². The fraction of sp³-hybridized carbons (Fsp3) is 0.222. The monoisotopic (exact) mass is 363 g/mol. The average molecular weight is 364 g/mol. The average Bonchev–Trinajstić information content (AvgIpc) is 3.05. The molecule has 1 aromatic heterocycles. The van der Waals surface area contributed by atoms with Gasteiger partial charge in [0.15, 0.2) is 0 Å². The lowest BCUT2D eigenvalue weighted by atomic mass is 10.2. The lowest BCUT2D eigenvalue weighted by molar-refractivity contribution is -0.140. The van der Waals surface area contributed by atoms with Gasteiger partial charge < -0.3 is 10.1 Å². The molecular weight excluding hydrogens is 346 g/mol. The van der Waals surface area contributed by atoms with E-state index in [1.807, 2.05) is 36.4 Å². The zero-order chi connectivity index (χ0) is 17.4. The summed E-state index contributed by atoms with van der Waals surface area (Å²) in [6.45, 7) is 0.441. The molecule has 0 unspecified atom stereocenters. The highest BCUT2D eigenvalue weighted by atomic mass is 35.5. The smallest absolute Gasteiger partial charge is 0.305 e. The van der Waals surface area contributed by atoms with Crippen molar-refractivity contribution in [3.8, 4) is 10.4 Å². The number of methoxy groups -OCH3 is 1. The molecule has 0 aliphatic carbocycles. The van der Waals surface area contributed by atoms with Gasteiger partial charge in [0.05, 0.1) is 7.11 Å². The summed E-state index contributed by atoms with van der Waals surface area (Å²) in [6, 6.07) is 11.6. The maximum Gasteiger partial charge on any atom is 0.305 e. The maximum atomic E-state index is 11.7. The summed E-state index contributed by atoms with van der Waals surface area (Å²) in [5.41, 5.74) is 1.06. The number of rotatable bonds is 7. The molecule has 0 bridgehead atoms. The number of hydrogen-bond acceptors (Lipinski definition) is 4. The van der Waals surface area contributed by atoms with E-state index in [0.717, 1.165) is 15.3 Å². The molecule has 1 aromatic carbocycles. The molecule has 2 rings (SSSR count). The Bertz CT molecular complexity index is 739. The number of hydrogen-bond donors (Lipinski definition) is 1. The first kappa shape index (κ1) is 18.2. The first-order valence-electron chi connectivity index (χ1n) is 7.47. The third kappa shape index (κ3) is 5.83. The van der Waals surface area contributed by atoms with E-state index < -0.39 is 0 Å². The Kier molecular flexibility index (Phi) is 7.03. The highest BCUT2D eigenvalue weighted by Crippen LogP contribution is 2.30. The first-order chi connectivity index (χ1) is 11.6. The van der Waals surface area contributed by atoms with Crippen molar-refractivity contribution in [3.63, 3.8) is 0 Å². The van der Waals surface area contributed by atoms with Crippen LogP contribution in [-0.2, 0) is 14.3 Å². The molecule has 1 heterocycles. The number of ether oxygens (including phenoxy) is 1. The van der Waals surface area contributed by atoms with Gasteiger partial charge in [-0.2, -0.15) is 0 Å². The number of nitrogens with one attached hydrogen (secondary N) is 1. The van der Waals surface area contributed by atoms with Gasteiger partial charge in [0.1, 0.15) is 0 Å². The van der Waals surface area contributed by atoms with Gasteiger partial charge in [0.25, 0.3) is 0 Å². The molecule has 0 aliphatic rings. The van der Waals surface area contributed by atoms with E-state index in [4.69, 9.17) is 11.6 Å². The Labute approximate surface area is 150 Å². The lowest BCUT2D eigenvalue weighted by Crippen LogP contribution is -2.22. The van der Waals surface area contributed by atoms with Crippen LogP contribution in [0.15, 0.2) is 42.5 Å². The topological polar surface area (TPSA) is 55.4 Å². The van der Waals surface area contributed by atoms with Gasteiger partial charge in [-0.3, -0.25) is 9.59 Å². The first-order valence-corrected chi connectivity index (χ1v) is 8.66. The third-order valence-corrected chi connectivity index (χ3v) is 4.55. The molecular formula is C18H18ClNO3S. The molecule has 0 fully saturated rings. The summed E-state index contributed by atoms with van der Waals surface area (Å²) >= 11 is 7.59. The summed E-state index contributed by atoms with van der Waals surface area (Å²) in [5, 5.41) is 3.43. The van der Waals surface area contributed by atoms with E-state index in [1.54, 1.807) is 17.4 Å². The third-order valence-electron chi connectivity index (χ3n) is 3.22. The van der Waals surface area contributed by atoms with Gasteiger partial charge in [-0.05, 0) is 42.3 Å². The predicted octanol–water partition coefficient (Wildman–Crippen LogP) is 4.15. The highest BCUT2D eigenvalue weighted by Gasteiger charge is 2.03. The van der Waals surface area contributed by atoms with Crippen LogP contribution in [0.4, 0.5) is 0 Å². The number of thiophene rings is 1. The van der Waals surface area contributed by atoms with Crippen LogP contribution in [0.3, 0.4) is 0 Å². The maximum absolute atomic E-state index is 11.7. The molecule has 6 heteroatoms. The fourth-order valence-corrected chi connectivity index (χ4v) is 3.10. The minimum absolute atomic E-state index is 0.183. The minimum Gasteiger partial charge on any atom is -0.469 e. The summed E-state index contributed by atoms with van der Waals surface area (Å²) in [6.07, 6.45) is 4.12. The van der Waals surface area contributed by atoms with E-state index in [2.05, 4.69) is 10.1 Å². The summed E-state index contributed by atoms with van der Waals surface area (Å²) in [5.74, 6) is -0.454. The number of esters is 1. The molecule has 1 N–H and O–H groups in total. The zero-order valence-electron chi connectivity index (χ0n) is 13.3. The molecule has 0 aliphatic heterocycles. The molecule has 4 nitrogen and oxygen atoms in total. The Hall–Kier alpha value is -2.11. The zero-order valence-corrected chi connectivity index (χ0v) is 14.8. The van der Waals surface area contributed by atoms with Crippen molar-refractivity contribution in [1.82, 2.24) is 5.32 Å². The number of halogens is 1. The second-order valence-corrected chi connectivity index (χ2v) is 6.57. The molecule has 1 amide bonds. The Morgan fingerprint density at radius 3 is 2.88 bits per heavy atom. The van der Waals surface area contributed by atoms with Crippen LogP contribution >= 0.6 is 22.9 Å². The van der Waals surface area contributed by atoms with Crippen molar-refractivity contribution in [2.45, 2.75) is 12.8 Å². The van der Waals surface area contributed by atoms with E-state index >= 15 is 0 Å². The lowest BCUT2D eigenvalue weighted by Gasteiger charge is -2.01. The van der Waals surface area contributed by atoms with E-state index in [-0.39, 0.29) is 11.9 Å². The van der Waals surface area contributed by atoms with Gasteiger partial charge in [-0.1, -0.05) is 23.7 Å². The Balaban J connectivity index is 1.84. The number of carbonyl (C=O) groups is 2. The van der Waals surface area contributed by atoms with Gasteiger partial charge in [0, 0.05) is 33.8 Å². The van der Waals surface area contributed by atoms with Crippen LogP contribution in [0.25, 0.3) is 16.5 Å². The van der Waals surface area contributed by atoms with Crippen molar-refractivity contribution in [2.75, 3.05) is 13.7 Å². The van der Waals surface area contributed by atoms with Crippen molar-refractivity contribution < 1.29 is 14.3 Å². The van der Waals surface area contributed by atoms with Crippen molar-refractivity contribution in [3.05, 3.63) is 52.4 Å². The molecule has 0 saturated heterocycles. The molecule has 126 valence electrons.